The number of hydrogen-bond donors (Lipinski definition) is 0. The van der Waals surface area contributed by atoms with Gasteiger partial charge in [-0.2, -0.15) is 0 Å². The Kier molecular flexibility index (Phi) is 3.05. The van der Waals surface area contributed by atoms with Crippen LogP contribution in [0.1, 0.15) is 19.4 Å². The van der Waals surface area contributed by atoms with Crippen LogP contribution in [-0.4, -0.2) is 24.4 Å². The maximum atomic E-state index is 6.08. The van der Waals surface area contributed by atoms with Crippen LogP contribution in [0.15, 0.2) is 54.1 Å². The molecular weight excluding hydrogens is 248 g/mol. The van der Waals surface area contributed by atoms with Gasteiger partial charge in [0.05, 0.1) is 0 Å². The Labute approximate surface area is 120 Å². The van der Waals surface area contributed by atoms with Gasteiger partial charge in [0.15, 0.2) is 0 Å². The molecule has 2 bridgehead atoms. The van der Waals surface area contributed by atoms with E-state index in [1.165, 1.54) is 0 Å². The quantitative estimate of drug-likeness (QED) is 0.574. The molecule has 0 aromatic heterocycles. The summed E-state index contributed by atoms with van der Waals surface area (Å²) in [5, 5.41) is 0. The Balaban J connectivity index is 1.97. The highest BCUT2D eigenvalue weighted by Gasteiger charge is 2.49. The number of methoxy groups -OCH3 is 1. The summed E-state index contributed by atoms with van der Waals surface area (Å²) in [6.07, 6.45) is 6.05. The van der Waals surface area contributed by atoms with E-state index in [0.29, 0.717) is 0 Å². The zero-order valence-electron chi connectivity index (χ0n) is 12.0. The Morgan fingerprint density at radius 1 is 1.10 bits per heavy atom. The molecule has 2 nitrogen and oxygen atoms in total. The maximum absolute atomic E-state index is 6.08. The lowest BCUT2D eigenvalue weighted by molar-refractivity contribution is -0.119. The van der Waals surface area contributed by atoms with Gasteiger partial charge in [0.1, 0.15) is 17.3 Å². The fourth-order valence-corrected chi connectivity index (χ4v) is 2.91. The number of hydrogen-bond acceptors (Lipinski definition) is 2. The van der Waals surface area contributed by atoms with Gasteiger partial charge in [-0.05, 0) is 32.1 Å². The van der Waals surface area contributed by atoms with Crippen LogP contribution in [0.4, 0.5) is 0 Å². The van der Waals surface area contributed by atoms with Crippen LogP contribution < -0.4 is 0 Å². The normalized spacial score (nSPS) is 34.4. The minimum atomic E-state index is -0.432. The molecule has 0 spiro atoms. The van der Waals surface area contributed by atoms with Gasteiger partial charge in [0, 0.05) is 18.2 Å². The minimum Gasteiger partial charge on any atom is -0.373 e. The van der Waals surface area contributed by atoms with Crippen LogP contribution in [0.25, 0.3) is 0 Å². The highest BCUT2D eigenvalue weighted by molar-refractivity contribution is 5.48. The number of benzene rings is 1. The number of rotatable bonds is 1. The second-order valence-corrected chi connectivity index (χ2v) is 5.63. The molecule has 1 aromatic carbocycles. The van der Waals surface area contributed by atoms with E-state index in [-0.39, 0.29) is 11.7 Å². The van der Waals surface area contributed by atoms with Crippen molar-refractivity contribution < 1.29 is 9.47 Å². The molecule has 0 radical (unpaired) electrons. The van der Waals surface area contributed by atoms with Crippen LogP contribution in [0, 0.1) is 11.8 Å². The topological polar surface area (TPSA) is 18.5 Å². The second-order valence-electron chi connectivity index (χ2n) is 5.63. The fourth-order valence-electron chi connectivity index (χ4n) is 2.91. The molecule has 0 saturated heterocycles. The molecule has 2 heteroatoms. The molecule has 0 fully saturated rings. The van der Waals surface area contributed by atoms with Gasteiger partial charge in [-0.3, -0.25) is 0 Å². The molecule has 0 amide bonds. The van der Waals surface area contributed by atoms with Crippen molar-refractivity contribution in [2.24, 2.45) is 0 Å². The van der Waals surface area contributed by atoms with Gasteiger partial charge in [-0.15, -0.1) is 0 Å². The van der Waals surface area contributed by atoms with E-state index in [1.807, 2.05) is 44.2 Å². The zero-order chi connectivity index (χ0) is 14.2. The average Bonchev–Trinajstić information content (AvgIpc) is 2.69. The standard InChI is InChI=1S/C18H18O2/c1-17-11-12-18(2,20-17)16(19-3)15(13-17)10-9-14-7-5-4-6-8-14/h4-8,11-13,16H,1-3H3/t16-,17+,18-/m1/s1. The summed E-state index contributed by atoms with van der Waals surface area (Å²) in [5.41, 5.74) is 1.19. The first-order valence-corrected chi connectivity index (χ1v) is 6.78. The van der Waals surface area contributed by atoms with Crippen LogP contribution in [-0.2, 0) is 9.47 Å². The Bertz CT molecular complexity index is 632. The Morgan fingerprint density at radius 2 is 1.85 bits per heavy atom. The molecule has 2 aliphatic heterocycles. The molecule has 0 unspecified atom stereocenters. The average molecular weight is 266 g/mol. The third-order valence-corrected chi connectivity index (χ3v) is 3.79. The highest BCUT2D eigenvalue weighted by Crippen LogP contribution is 2.42. The van der Waals surface area contributed by atoms with Gasteiger partial charge in [0.2, 0.25) is 0 Å². The largest absolute Gasteiger partial charge is 0.373 e. The number of fused-ring (bicyclic) bond motifs is 2. The summed E-state index contributed by atoms with van der Waals surface area (Å²) < 4.78 is 11.7. The lowest BCUT2D eigenvalue weighted by Gasteiger charge is -2.39. The van der Waals surface area contributed by atoms with Crippen molar-refractivity contribution in [2.75, 3.05) is 7.11 Å². The van der Waals surface area contributed by atoms with E-state index >= 15 is 0 Å². The van der Waals surface area contributed by atoms with Gasteiger partial charge in [-0.1, -0.05) is 42.2 Å². The summed E-state index contributed by atoms with van der Waals surface area (Å²) >= 11 is 0. The Morgan fingerprint density at radius 3 is 2.55 bits per heavy atom. The molecule has 0 N–H and O–H groups in total. The molecule has 1 aromatic rings. The molecule has 0 saturated carbocycles. The molecule has 102 valence electrons. The van der Waals surface area contributed by atoms with E-state index < -0.39 is 5.60 Å². The molecule has 3 rings (SSSR count). The molecular formula is C18H18O2. The van der Waals surface area contributed by atoms with E-state index in [9.17, 15) is 0 Å². The smallest absolute Gasteiger partial charge is 0.122 e. The Hall–Kier alpha value is -1.82. The summed E-state index contributed by atoms with van der Waals surface area (Å²) in [4.78, 5) is 0. The van der Waals surface area contributed by atoms with Crippen LogP contribution in [0.5, 0.6) is 0 Å². The molecule has 3 atom stereocenters. The molecule has 2 aliphatic rings. The van der Waals surface area contributed by atoms with Gasteiger partial charge < -0.3 is 9.47 Å². The van der Waals surface area contributed by atoms with Crippen molar-refractivity contribution in [1.82, 2.24) is 0 Å². The summed E-state index contributed by atoms with van der Waals surface area (Å²) in [6, 6.07) is 9.98. The van der Waals surface area contributed by atoms with Crippen molar-refractivity contribution in [1.29, 1.82) is 0 Å². The monoisotopic (exact) mass is 266 g/mol. The first-order valence-electron chi connectivity index (χ1n) is 6.78. The first-order chi connectivity index (χ1) is 9.55. The fraction of sp³-hybridized carbons (Fsp3) is 0.333. The zero-order valence-corrected chi connectivity index (χ0v) is 12.0. The molecule has 0 aliphatic carbocycles. The highest BCUT2D eigenvalue weighted by atomic mass is 16.6. The maximum Gasteiger partial charge on any atom is 0.122 e. The minimum absolute atomic E-state index is 0.162. The van der Waals surface area contributed by atoms with E-state index in [4.69, 9.17) is 9.47 Å². The lowest BCUT2D eigenvalue weighted by Crippen LogP contribution is -2.47. The predicted molar refractivity (Wildman–Crippen MR) is 79.2 cm³/mol. The van der Waals surface area contributed by atoms with Crippen molar-refractivity contribution >= 4 is 0 Å². The van der Waals surface area contributed by atoms with E-state index in [1.54, 1.807) is 7.11 Å². The molecule has 20 heavy (non-hydrogen) atoms. The summed E-state index contributed by atoms with van der Waals surface area (Å²) in [7, 11) is 1.70. The van der Waals surface area contributed by atoms with E-state index in [0.717, 1.165) is 11.1 Å². The van der Waals surface area contributed by atoms with Crippen LogP contribution in [0.3, 0.4) is 0 Å². The number of ether oxygens (including phenoxy) is 2. The van der Waals surface area contributed by atoms with Gasteiger partial charge in [-0.25, -0.2) is 0 Å². The third kappa shape index (κ3) is 2.20. The van der Waals surface area contributed by atoms with Crippen LogP contribution >= 0.6 is 0 Å². The van der Waals surface area contributed by atoms with Crippen LogP contribution in [0.2, 0.25) is 0 Å². The van der Waals surface area contributed by atoms with Crippen molar-refractivity contribution in [3.05, 3.63) is 59.7 Å². The SMILES string of the molecule is CO[C@@H]1C(C#Cc2ccccc2)=C[C@]2(C)C=C[C@@]1(C)O2. The van der Waals surface area contributed by atoms with E-state index in [2.05, 4.69) is 30.1 Å². The van der Waals surface area contributed by atoms with Gasteiger partial charge in [0.25, 0.3) is 0 Å². The lowest BCUT2D eigenvalue weighted by atomic mass is 9.90. The first kappa shape index (κ1) is 13.2. The predicted octanol–water partition coefficient (Wildman–Crippen LogP) is 3.10. The van der Waals surface area contributed by atoms with Crippen molar-refractivity contribution in [3.8, 4) is 11.8 Å². The summed E-state index contributed by atoms with van der Waals surface area (Å²) in [6.45, 7) is 4.09. The van der Waals surface area contributed by atoms with Crippen molar-refractivity contribution in [3.63, 3.8) is 0 Å². The second kappa shape index (κ2) is 4.63. The summed E-state index contributed by atoms with van der Waals surface area (Å²) in [5.74, 6) is 6.46. The third-order valence-electron chi connectivity index (χ3n) is 3.79. The van der Waals surface area contributed by atoms with Crippen molar-refractivity contribution in [2.45, 2.75) is 31.2 Å². The van der Waals surface area contributed by atoms with Gasteiger partial charge >= 0.3 is 0 Å². The molecule has 2 heterocycles.